The molecule has 2 heterocycles. The van der Waals surface area contributed by atoms with Crippen LogP contribution in [0.25, 0.3) is 11.2 Å². The molecular weight excluding hydrogens is 618 g/mol. The number of imidazole rings is 1. The molecule has 0 aliphatic rings. The van der Waals surface area contributed by atoms with E-state index in [1.165, 1.54) is 60.5 Å². The Morgan fingerprint density at radius 1 is 0.857 bits per heavy atom. The largest absolute Gasteiger partial charge is 0.391 e. The number of hydrogen-bond donors (Lipinski definition) is 2. The fourth-order valence-corrected chi connectivity index (χ4v) is 6.85. The van der Waals surface area contributed by atoms with Crippen LogP contribution in [0.5, 0.6) is 0 Å². The maximum Gasteiger partial charge on any atom is 0.332 e. The number of methoxy groups -OCH3 is 1. The lowest BCUT2D eigenvalue weighted by Crippen LogP contribution is -2.48. The Bertz CT molecular complexity index is 1500. The summed E-state index contributed by atoms with van der Waals surface area (Å²) in [6.45, 7) is 2.86. The minimum atomic E-state index is -1.06. The highest BCUT2D eigenvalue weighted by atomic mass is 16.5. The van der Waals surface area contributed by atoms with Crippen LogP contribution in [-0.2, 0) is 35.8 Å². The molecule has 1 amide bonds. The second kappa shape index (κ2) is 21.8. The maximum absolute atomic E-state index is 13.6. The van der Waals surface area contributed by atoms with E-state index in [0.717, 1.165) is 63.4 Å². The van der Waals surface area contributed by atoms with Gasteiger partial charge in [0.1, 0.15) is 0 Å². The zero-order valence-corrected chi connectivity index (χ0v) is 30.8. The standard InChI is InChI=1S/C39H63N5O5/c1-5-6-7-8-9-10-11-14-17-23-28-39(49-4,32-25-20-19-21-26-32)37(47)40-30-33(45)27-22-16-13-12-15-18-24-29-44-36(46)34-35(41-31-42(34)2)43(3)38(44)48/h19-21,25-26,31,33,45H,5-18,22-24,27-30H2,1-4H3,(H,40,47). The van der Waals surface area contributed by atoms with Crippen LogP contribution in [0, 0.1) is 0 Å². The van der Waals surface area contributed by atoms with Gasteiger partial charge in [-0.15, -0.1) is 0 Å². The fraction of sp³-hybridized carbons (Fsp3) is 0.692. The third-order valence-corrected chi connectivity index (χ3v) is 9.96. The molecule has 0 saturated heterocycles. The van der Waals surface area contributed by atoms with E-state index < -0.39 is 11.7 Å². The van der Waals surface area contributed by atoms with E-state index in [-0.39, 0.29) is 23.7 Å². The molecule has 0 radical (unpaired) electrons. The number of unbranched alkanes of at least 4 members (excludes halogenated alkanes) is 15. The van der Waals surface area contributed by atoms with E-state index in [9.17, 15) is 19.5 Å². The maximum atomic E-state index is 13.6. The zero-order chi connectivity index (χ0) is 35.5. The molecule has 0 saturated carbocycles. The average Bonchev–Trinajstić information content (AvgIpc) is 3.51. The molecule has 0 aliphatic carbocycles. The third kappa shape index (κ3) is 11.9. The number of aryl methyl sites for hydroxylation is 2. The van der Waals surface area contributed by atoms with Crippen LogP contribution < -0.4 is 16.6 Å². The number of amides is 1. The summed E-state index contributed by atoms with van der Waals surface area (Å²) in [7, 11) is 5.02. The van der Waals surface area contributed by atoms with Crippen LogP contribution in [0.4, 0.5) is 0 Å². The summed E-state index contributed by atoms with van der Waals surface area (Å²) >= 11 is 0. The quantitative estimate of drug-likeness (QED) is 0.0892. The van der Waals surface area contributed by atoms with Crippen molar-refractivity contribution in [2.45, 2.75) is 147 Å². The molecule has 0 bridgehead atoms. The number of hydrogen-bond acceptors (Lipinski definition) is 6. The van der Waals surface area contributed by atoms with Gasteiger partial charge in [0.25, 0.3) is 11.5 Å². The summed E-state index contributed by atoms with van der Waals surface area (Å²) in [4.78, 5) is 43.3. The molecule has 2 aromatic heterocycles. The summed E-state index contributed by atoms with van der Waals surface area (Å²) in [5.74, 6) is -0.184. The first-order chi connectivity index (χ1) is 23.8. The zero-order valence-electron chi connectivity index (χ0n) is 30.8. The van der Waals surface area contributed by atoms with Gasteiger partial charge in [-0.2, -0.15) is 0 Å². The molecule has 49 heavy (non-hydrogen) atoms. The second-order valence-electron chi connectivity index (χ2n) is 13.8. The summed E-state index contributed by atoms with van der Waals surface area (Å²) in [6, 6.07) is 9.74. The molecule has 2 N–H and O–H groups in total. The van der Waals surface area contributed by atoms with Crippen LogP contribution in [0.1, 0.15) is 134 Å². The molecule has 10 nitrogen and oxygen atoms in total. The number of benzene rings is 1. The highest BCUT2D eigenvalue weighted by Crippen LogP contribution is 2.32. The van der Waals surface area contributed by atoms with E-state index in [0.29, 0.717) is 30.6 Å². The third-order valence-electron chi connectivity index (χ3n) is 9.96. The van der Waals surface area contributed by atoms with Crippen LogP contribution in [0.2, 0.25) is 0 Å². The fourth-order valence-electron chi connectivity index (χ4n) is 6.85. The van der Waals surface area contributed by atoms with E-state index in [1.54, 1.807) is 32.1 Å². The van der Waals surface area contributed by atoms with Gasteiger partial charge in [-0.05, 0) is 31.2 Å². The molecule has 10 heteroatoms. The topological polar surface area (TPSA) is 120 Å². The summed E-state index contributed by atoms with van der Waals surface area (Å²) in [5, 5.41) is 13.7. The molecule has 0 fully saturated rings. The molecule has 274 valence electrons. The predicted octanol–water partition coefficient (Wildman–Crippen LogP) is 6.88. The Labute approximate surface area is 293 Å². The van der Waals surface area contributed by atoms with E-state index >= 15 is 0 Å². The minimum Gasteiger partial charge on any atom is -0.391 e. The molecule has 2 unspecified atom stereocenters. The Hall–Kier alpha value is -3.24. The van der Waals surface area contributed by atoms with E-state index in [2.05, 4.69) is 17.2 Å². The highest BCUT2D eigenvalue weighted by Gasteiger charge is 2.40. The average molecular weight is 682 g/mol. The normalized spacial score (nSPS) is 13.5. The van der Waals surface area contributed by atoms with Crippen molar-refractivity contribution >= 4 is 17.1 Å². The Morgan fingerprint density at radius 3 is 2.04 bits per heavy atom. The van der Waals surface area contributed by atoms with Gasteiger partial charge in [-0.25, -0.2) is 9.78 Å². The smallest absolute Gasteiger partial charge is 0.332 e. The number of ether oxygens (including phenoxy) is 1. The van der Waals surface area contributed by atoms with Crippen molar-refractivity contribution in [3.63, 3.8) is 0 Å². The monoisotopic (exact) mass is 681 g/mol. The summed E-state index contributed by atoms with van der Waals surface area (Å²) < 4.78 is 10.4. The molecule has 0 aliphatic heterocycles. The number of aromatic nitrogens is 4. The lowest BCUT2D eigenvalue weighted by Gasteiger charge is -2.32. The number of rotatable bonds is 26. The first-order valence-electron chi connectivity index (χ1n) is 18.9. The molecule has 2 atom stereocenters. The number of fused-ring (bicyclic) bond motifs is 1. The van der Waals surface area contributed by atoms with Gasteiger partial charge >= 0.3 is 5.69 Å². The van der Waals surface area contributed by atoms with Crippen LogP contribution in [0.15, 0.2) is 46.2 Å². The number of aliphatic hydroxyl groups excluding tert-OH is 1. The molecule has 0 spiro atoms. The SMILES string of the molecule is CCCCCCCCCCCCC(OC)(C(=O)NCC(O)CCCCCCCCCn1c(=O)c2c(ncn2C)n(C)c1=O)c1ccccc1. The number of carbonyl (C=O) groups is 1. The van der Waals surface area contributed by atoms with Gasteiger partial charge in [-0.1, -0.05) is 134 Å². The van der Waals surface area contributed by atoms with Gasteiger partial charge < -0.3 is 19.7 Å². The molecule has 3 aromatic rings. The Morgan fingerprint density at radius 2 is 1.43 bits per heavy atom. The lowest BCUT2D eigenvalue weighted by atomic mass is 9.86. The first-order valence-corrected chi connectivity index (χ1v) is 18.9. The van der Waals surface area contributed by atoms with E-state index in [4.69, 9.17) is 4.74 Å². The lowest BCUT2D eigenvalue weighted by molar-refractivity contribution is -0.146. The van der Waals surface area contributed by atoms with Crippen molar-refractivity contribution < 1.29 is 14.6 Å². The van der Waals surface area contributed by atoms with Crippen molar-refractivity contribution in [1.82, 2.24) is 24.0 Å². The summed E-state index contributed by atoms with van der Waals surface area (Å²) in [5.41, 5.74) is 0.0403. The number of nitrogens with zero attached hydrogens (tertiary/aromatic N) is 4. The predicted molar refractivity (Wildman–Crippen MR) is 198 cm³/mol. The molecule has 1 aromatic carbocycles. The van der Waals surface area contributed by atoms with Gasteiger partial charge in [0.15, 0.2) is 16.8 Å². The van der Waals surface area contributed by atoms with Gasteiger partial charge in [-0.3, -0.25) is 18.7 Å². The number of nitrogens with one attached hydrogen (secondary N) is 1. The highest BCUT2D eigenvalue weighted by molar-refractivity contribution is 5.86. The van der Waals surface area contributed by atoms with Gasteiger partial charge in [0.2, 0.25) is 0 Å². The van der Waals surface area contributed by atoms with Crippen molar-refractivity contribution in [3.05, 3.63) is 63.1 Å². The van der Waals surface area contributed by atoms with Crippen molar-refractivity contribution in [2.75, 3.05) is 13.7 Å². The van der Waals surface area contributed by atoms with Crippen LogP contribution in [0.3, 0.4) is 0 Å². The van der Waals surface area contributed by atoms with Crippen molar-refractivity contribution in [1.29, 1.82) is 0 Å². The second-order valence-corrected chi connectivity index (χ2v) is 13.8. The van der Waals surface area contributed by atoms with Gasteiger partial charge in [0.05, 0.1) is 12.4 Å². The first kappa shape index (κ1) is 40.2. The van der Waals surface area contributed by atoms with Crippen LogP contribution in [-0.4, -0.2) is 49.5 Å². The minimum absolute atomic E-state index is 0.184. The van der Waals surface area contributed by atoms with Crippen molar-refractivity contribution in [3.8, 4) is 0 Å². The number of carbonyl (C=O) groups excluding carboxylic acids is 1. The number of aliphatic hydroxyl groups is 1. The van der Waals surface area contributed by atoms with Gasteiger partial charge in [0, 0.05) is 34.3 Å². The van der Waals surface area contributed by atoms with Crippen LogP contribution >= 0.6 is 0 Å². The van der Waals surface area contributed by atoms with E-state index in [1.807, 2.05) is 30.3 Å². The van der Waals surface area contributed by atoms with Crippen molar-refractivity contribution in [2.24, 2.45) is 14.1 Å². The Balaban J connectivity index is 1.32. The molecule has 3 rings (SSSR count). The Kier molecular flexibility index (Phi) is 17.8. The molecular formula is C39H63N5O5. The summed E-state index contributed by atoms with van der Waals surface area (Å²) in [6.07, 6.45) is 21.2.